The van der Waals surface area contributed by atoms with Crippen molar-refractivity contribution in [1.82, 2.24) is 15.0 Å². The van der Waals surface area contributed by atoms with E-state index in [1.807, 2.05) is 60.7 Å². The lowest BCUT2D eigenvalue weighted by atomic mass is 10.1. The van der Waals surface area contributed by atoms with Crippen LogP contribution in [0.4, 0.5) is 5.82 Å². The molecule has 2 aromatic carbocycles. The van der Waals surface area contributed by atoms with Gasteiger partial charge in [-0.2, -0.15) is 0 Å². The Bertz CT molecular complexity index is 1020. The van der Waals surface area contributed by atoms with Crippen LogP contribution in [0.25, 0.3) is 22.2 Å². The van der Waals surface area contributed by atoms with Crippen molar-refractivity contribution >= 4 is 16.7 Å². The van der Waals surface area contributed by atoms with Gasteiger partial charge in [-0.1, -0.05) is 42.5 Å². The number of hydrogen-bond acceptors (Lipinski definition) is 5. The van der Waals surface area contributed by atoms with Crippen LogP contribution in [0.5, 0.6) is 0 Å². The van der Waals surface area contributed by atoms with E-state index in [4.69, 9.17) is 0 Å². The van der Waals surface area contributed by atoms with Gasteiger partial charge in [0.15, 0.2) is 0 Å². The molecule has 0 aliphatic carbocycles. The summed E-state index contributed by atoms with van der Waals surface area (Å²) in [5, 5.41) is 14.5. The largest absolute Gasteiger partial charge is 0.387 e. The number of pyridine rings is 1. The highest BCUT2D eigenvalue weighted by Gasteiger charge is 2.08. The highest BCUT2D eigenvalue weighted by Crippen LogP contribution is 2.23. The Labute approximate surface area is 151 Å². The van der Waals surface area contributed by atoms with E-state index in [-0.39, 0.29) is 0 Å². The smallest absolute Gasteiger partial charge is 0.130 e. The number of nitrogens with zero attached hydrogens (tertiary/aromatic N) is 3. The number of anilines is 1. The van der Waals surface area contributed by atoms with Crippen LogP contribution in [0.15, 0.2) is 79.3 Å². The maximum absolute atomic E-state index is 10.3. The van der Waals surface area contributed by atoms with Crippen LogP contribution < -0.4 is 5.32 Å². The average Bonchev–Trinajstić information content (AvgIpc) is 2.72. The van der Waals surface area contributed by atoms with Gasteiger partial charge in [-0.25, -0.2) is 9.97 Å². The van der Waals surface area contributed by atoms with Crippen molar-refractivity contribution in [3.63, 3.8) is 0 Å². The quantitative estimate of drug-likeness (QED) is 0.577. The summed E-state index contributed by atoms with van der Waals surface area (Å²) >= 11 is 0. The molecule has 2 heterocycles. The minimum Gasteiger partial charge on any atom is -0.387 e. The van der Waals surface area contributed by atoms with Gasteiger partial charge in [-0.15, -0.1) is 0 Å². The molecule has 2 aromatic heterocycles. The minimum absolute atomic E-state index is 0.377. The van der Waals surface area contributed by atoms with E-state index in [1.165, 1.54) is 6.33 Å². The summed E-state index contributed by atoms with van der Waals surface area (Å²) in [7, 11) is 0. The molecule has 0 spiro atoms. The summed E-state index contributed by atoms with van der Waals surface area (Å²) in [4.78, 5) is 13.0. The van der Waals surface area contributed by atoms with Crippen molar-refractivity contribution < 1.29 is 5.11 Å². The van der Waals surface area contributed by atoms with Gasteiger partial charge in [0.2, 0.25) is 0 Å². The molecule has 1 atom stereocenters. The Balaban J connectivity index is 1.52. The predicted octanol–water partition coefficient (Wildman–Crippen LogP) is 3.84. The zero-order valence-corrected chi connectivity index (χ0v) is 14.1. The first-order valence-corrected chi connectivity index (χ1v) is 8.44. The van der Waals surface area contributed by atoms with E-state index in [1.54, 1.807) is 6.20 Å². The Kier molecular flexibility index (Phi) is 4.53. The first kappa shape index (κ1) is 16.2. The molecule has 4 aromatic rings. The van der Waals surface area contributed by atoms with Crippen molar-refractivity contribution in [2.75, 3.05) is 11.9 Å². The zero-order chi connectivity index (χ0) is 17.8. The third-order valence-corrected chi connectivity index (χ3v) is 4.23. The second-order valence-corrected chi connectivity index (χ2v) is 6.01. The van der Waals surface area contributed by atoms with Gasteiger partial charge in [0, 0.05) is 29.8 Å². The number of aliphatic hydroxyl groups is 1. The van der Waals surface area contributed by atoms with E-state index in [0.717, 1.165) is 27.7 Å². The summed E-state index contributed by atoms with van der Waals surface area (Å²) in [6, 6.07) is 21.4. The lowest BCUT2D eigenvalue weighted by Crippen LogP contribution is -2.13. The standard InChI is InChI=1S/C21H18N4O/c26-20(15-5-2-1-3-6-15)13-23-21-12-19(24-14-25-21)17-8-9-18-16(11-17)7-4-10-22-18/h1-12,14,20,26H,13H2,(H,23,24,25). The molecule has 0 aliphatic rings. The number of benzene rings is 2. The zero-order valence-electron chi connectivity index (χ0n) is 14.1. The summed E-state index contributed by atoms with van der Waals surface area (Å²) < 4.78 is 0. The highest BCUT2D eigenvalue weighted by atomic mass is 16.3. The lowest BCUT2D eigenvalue weighted by Gasteiger charge is -2.13. The first-order chi connectivity index (χ1) is 12.8. The monoisotopic (exact) mass is 342 g/mol. The van der Waals surface area contributed by atoms with Crippen molar-refractivity contribution in [2.45, 2.75) is 6.10 Å². The molecule has 1 unspecified atom stereocenters. The summed E-state index contributed by atoms with van der Waals surface area (Å²) in [6.07, 6.45) is 2.72. The normalized spacial score (nSPS) is 12.0. The Hall–Kier alpha value is -3.31. The van der Waals surface area contributed by atoms with E-state index in [9.17, 15) is 5.11 Å². The van der Waals surface area contributed by atoms with Crippen LogP contribution in [-0.2, 0) is 0 Å². The maximum Gasteiger partial charge on any atom is 0.130 e. The molecule has 0 bridgehead atoms. The second-order valence-electron chi connectivity index (χ2n) is 6.01. The maximum atomic E-state index is 10.3. The molecular formula is C21H18N4O. The molecule has 128 valence electrons. The van der Waals surface area contributed by atoms with Gasteiger partial charge in [0.05, 0.1) is 17.3 Å². The topological polar surface area (TPSA) is 70.9 Å². The fourth-order valence-electron chi connectivity index (χ4n) is 2.84. The summed E-state index contributed by atoms with van der Waals surface area (Å²) in [5.74, 6) is 0.677. The molecule has 0 amide bonds. The van der Waals surface area contributed by atoms with Crippen LogP contribution in [0, 0.1) is 0 Å². The molecular weight excluding hydrogens is 324 g/mol. The van der Waals surface area contributed by atoms with E-state index < -0.39 is 6.10 Å². The molecule has 4 rings (SSSR count). The Morgan fingerprint density at radius 3 is 2.65 bits per heavy atom. The number of hydrogen-bond donors (Lipinski definition) is 2. The van der Waals surface area contributed by atoms with Gasteiger partial charge >= 0.3 is 0 Å². The molecule has 0 fully saturated rings. The molecule has 2 N–H and O–H groups in total. The first-order valence-electron chi connectivity index (χ1n) is 8.44. The van der Waals surface area contributed by atoms with Gasteiger partial charge in [0.25, 0.3) is 0 Å². The van der Waals surface area contributed by atoms with Gasteiger partial charge < -0.3 is 10.4 Å². The predicted molar refractivity (Wildman–Crippen MR) is 103 cm³/mol. The third-order valence-electron chi connectivity index (χ3n) is 4.23. The second kappa shape index (κ2) is 7.29. The lowest BCUT2D eigenvalue weighted by molar-refractivity contribution is 0.191. The van der Waals surface area contributed by atoms with Crippen molar-refractivity contribution in [2.24, 2.45) is 0 Å². The molecule has 0 radical (unpaired) electrons. The number of fused-ring (bicyclic) bond motifs is 1. The number of aliphatic hydroxyl groups excluding tert-OH is 1. The molecule has 0 saturated carbocycles. The number of aromatic nitrogens is 3. The third kappa shape index (κ3) is 3.53. The van der Waals surface area contributed by atoms with E-state index in [0.29, 0.717) is 12.4 Å². The van der Waals surface area contributed by atoms with Gasteiger partial charge in [0.1, 0.15) is 12.1 Å². The van der Waals surface area contributed by atoms with Crippen LogP contribution in [0.1, 0.15) is 11.7 Å². The van der Waals surface area contributed by atoms with Gasteiger partial charge in [-0.05, 0) is 23.8 Å². The fraction of sp³-hybridized carbons (Fsp3) is 0.0952. The van der Waals surface area contributed by atoms with Crippen molar-refractivity contribution in [1.29, 1.82) is 0 Å². The SMILES string of the molecule is OC(CNc1cc(-c2ccc3ncccc3c2)ncn1)c1ccccc1. The molecule has 5 nitrogen and oxygen atoms in total. The number of nitrogens with one attached hydrogen (secondary N) is 1. The molecule has 0 aliphatic heterocycles. The van der Waals surface area contributed by atoms with Crippen LogP contribution in [0.3, 0.4) is 0 Å². The van der Waals surface area contributed by atoms with E-state index in [2.05, 4.69) is 26.3 Å². The average molecular weight is 342 g/mol. The van der Waals surface area contributed by atoms with Crippen molar-refractivity contribution in [3.05, 3.63) is 84.8 Å². The molecule has 5 heteroatoms. The van der Waals surface area contributed by atoms with Crippen LogP contribution >= 0.6 is 0 Å². The number of rotatable bonds is 5. The van der Waals surface area contributed by atoms with Crippen molar-refractivity contribution in [3.8, 4) is 11.3 Å². The van der Waals surface area contributed by atoms with Crippen LogP contribution in [-0.4, -0.2) is 26.6 Å². The Morgan fingerprint density at radius 1 is 0.885 bits per heavy atom. The summed E-state index contributed by atoms with van der Waals surface area (Å²) in [5.41, 5.74) is 3.65. The minimum atomic E-state index is -0.596. The molecule has 26 heavy (non-hydrogen) atoms. The molecule has 0 saturated heterocycles. The summed E-state index contributed by atoms with van der Waals surface area (Å²) in [6.45, 7) is 0.377. The fourth-order valence-corrected chi connectivity index (χ4v) is 2.84. The Morgan fingerprint density at radius 2 is 1.77 bits per heavy atom. The van der Waals surface area contributed by atoms with Gasteiger partial charge in [-0.3, -0.25) is 4.98 Å². The highest BCUT2D eigenvalue weighted by molar-refractivity contribution is 5.83. The van der Waals surface area contributed by atoms with Crippen LogP contribution in [0.2, 0.25) is 0 Å². The van der Waals surface area contributed by atoms with E-state index >= 15 is 0 Å².